The largest absolute Gasteiger partial charge is 0.454 e. The number of non-ortho nitro benzene ring substituents is 1. The molecule has 0 saturated carbocycles. The van der Waals surface area contributed by atoms with Gasteiger partial charge in [0.25, 0.3) is 11.6 Å². The van der Waals surface area contributed by atoms with Crippen molar-refractivity contribution in [2.45, 2.75) is 6.54 Å². The van der Waals surface area contributed by atoms with Gasteiger partial charge in [0, 0.05) is 6.07 Å². The smallest absolute Gasteiger partial charge is 0.420 e. The number of benzene rings is 2. The van der Waals surface area contributed by atoms with Gasteiger partial charge in [-0.05, 0) is 18.2 Å². The van der Waals surface area contributed by atoms with E-state index in [1.54, 1.807) is 12.1 Å². The summed E-state index contributed by atoms with van der Waals surface area (Å²) in [6.45, 7) is -1.17. The lowest BCUT2D eigenvalue weighted by atomic mass is 10.3. The number of hydrogen-bond donors (Lipinski definition) is 1. The summed E-state index contributed by atoms with van der Waals surface area (Å²) in [7, 11) is 0. The lowest BCUT2D eigenvalue weighted by Crippen LogP contribution is -2.25. The number of oxazole rings is 1. The average Bonchev–Trinajstić information content (AvgIpc) is 2.98. The molecular formula is C17H11Cl2N3O7. The number of hydrogen-bond acceptors (Lipinski definition) is 7. The van der Waals surface area contributed by atoms with Crippen LogP contribution in [0.25, 0.3) is 11.1 Å². The van der Waals surface area contributed by atoms with Crippen LogP contribution in [0, 0.1) is 10.1 Å². The number of amides is 1. The summed E-state index contributed by atoms with van der Waals surface area (Å²) >= 11 is 11.8. The molecule has 0 aliphatic rings. The topological polar surface area (TPSA) is 134 Å². The molecule has 10 nitrogen and oxygen atoms in total. The minimum Gasteiger partial charge on any atom is -0.454 e. The van der Waals surface area contributed by atoms with Crippen LogP contribution in [0.4, 0.5) is 11.4 Å². The van der Waals surface area contributed by atoms with E-state index in [1.807, 2.05) is 0 Å². The monoisotopic (exact) mass is 439 g/mol. The molecular weight excluding hydrogens is 429 g/mol. The molecule has 0 unspecified atom stereocenters. The number of aromatic nitrogens is 1. The number of nitro groups is 1. The van der Waals surface area contributed by atoms with Crippen molar-refractivity contribution in [3.8, 4) is 0 Å². The fourth-order valence-corrected chi connectivity index (χ4v) is 2.77. The fourth-order valence-electron chi connectivity index (χ4n) is 2.43. The third-order valence-electron chi connectivity index (χ3n) is 3.74. The van der Waals surface area contributed by atoms with Crippen molar-refractivity contribution in [3.63, 3.8) is 0 Å². The van der Waals surface area contributed by atoms with E-state index in [4.69, 9.17) is 32.4 Å². The molecule has 0 atom stereocenters. The van der Waals surface area contributed by atoms with Crippen LogP contribution in [0.15, 0.2) is 45.6 Å². The van der Waals surface area contributed by atoms with E-state index in [2.05, 4.69) is 5.32 Å². The third kappa shape index (κ3) is 4.55. The van der Waals surface area contributed by atoms with Crippen molar-refractivity contribution < 1.29 is 23.7 Å². The van der Waals surface area contributed by atoms with Crippen molar-refractivity contribution >= 4 is 57.6 Å². The predicted octanol–water partition coefficient (Wildman–Crippen LogP) is 2.99. The van der Waals surface area contributed by atoms with Crippen LogP contribution in [0.5, 0.6) is 0 Å². The first-order chi connectivity index (χ1) is 13.8. The van der Waals surface area contributed by atoms with E-state index in [9.17, 15) is 24.5 Å². The molecule has 29 heavy (non-hydrogen) atoms. The van der Waals surface area contributed by atoms with Crippen LogP contribution >= 0.6 is 23.2 Å². The second kappa shape index (κ2) is 8.33. The highest BCUT2D eigenvalue weighted by Gasteiger charge is 2.17. The molecule has 0 spiro atoms. The zero-order valence-electron chi connectivity index (χ0n) is 14.4. The molecule has 0 bridgehead atoms. The molecule has 1 N–H and O–H groups in total. The maximum absolute atomic E-state index is 12.0. The van der Waals surface area contributed by atoms with Gasteiger partial charge in [-0.1, -0.05) is 29.3 Å². The molecule has 3 aromatic rings. The number of anilines is 1. The Morgan fingerprint density at radius 3 is 2.72 bits per heavy atom. The Morgan fingerprint density at radius 1 is 1.24 bits per heavy atom. The molecule has 0 aliphatic heterocycles. The first kappa shape index (κ1) is 20.4. The molecule has 0 fully saturated rings. The van der Waals surface area contributed by atoms with Gasteiger partial charge in [0.2, 0.25) is 0 Å². The maximum atomic E-state index is 12.0. The van der Waals surface area contributed by atoms with Crippen molar-refractivity contribution in [3.05, 3.63) is 67.1 Å². The maximum Gasteiger partial charge on any atom is 0.420 e. The standard InChI is InChI=1S/C17H11Cl2N3O7/c18-10-2-1-3-11(16(10)19)20-14(23)8-28-15(24)7-21-12-5-4-9(22(26)27)6-13(12)29-17(21)25/h1-6H,7-8H2,(H,20,23). The lowest BCUT2D eigenvalue weighted by molar-refractivity contribution is -0.384. The first-order valence-electron chi connectivity index (χ1n) is 7.93. The molecule has 150 valence electrons. The van der Waals surface area contributed by atoms with Crippen molar-refractivity contribution in [1.29, 1.82) is 0 Å². The summed E-state index contributed by atoms with van der Waals surface area (Å²) in [5.74, 6) is -2.45. The molecule has 0 saturated heterocycles. The number of nitrogens with zero attached hydrogens (tertiary/aromatic N) is 2. The van der Waals surface area contributed by atoms with E-state index in [0.29, 0.717) is 0 Å². The van der Waals surface area contributed by atoms with Crippen LogP contribution < -0.4 is 11.1 Å². The Labute approximate surface area is 171 Å². The summed E-state index contributed by atoms with van der Waals surface area (Å²) in [5, 5.41) is 13.6. The van der Waals surface area contributed by atoms with Gasteiger partial charge in [-0.2, -0.15) is 0 Å². The Hall–Kier alpha value is -3.37. The van der Waals surface area contributed by atoms with Gasteiger partial charge in [0.1, 0.15) is 6.54 Å². The summed E-state index contributed by atoms with van der Waals surface area (Å²) < 4.78 is 10.7. The van der Waals surface area contributed by atoms with Gasteiger partial charge < -0.3 is 14.5 Å². The highest BCUT2D eigenvalue weighted by Crippen LogP contribution is 2.29. The second-order valence-electron chi connectivity index (χ2n) is 5.67. The van der Waals surface area contributed by atoms with Crippen LogP contribution in [0.2, 0.25) is 10.0 Å². The molecule has 0 aliphatic carbocycles. The fraction of sp³-hybridized carbons (Fsp3) is 0.118. The molecule has 2 aromatic carbocycles. The second-order valence-corrected chi connectivity index (χ2v) is 6.46. The number of nitro benzene ring substituents is 1. The van der Waals surface area contributed by atoms with Gasteiger partial charge in [-0.3, -0.25) is 24.3 Å². The molecule has 1 amide bonds. The van der Waals surface area contributed by atoms with Crippen LogP contribution in [0.1, 0.15) is 0 Å². The van der Waals surface area contributed by atoms with Crippen LogP contribution in [-0.2, 0) is 20.9 Å². The SMILES string of the molecule is O=C(COC(=O)Cn1c(=O)oc2cc([N+](=O)[O-])ccc21)Nc1cccc(Cl)c1Cl. The van der Waals surface area contributed by atoms with Gasteiger partial charge in [-0.25, -0.2) is 4.79 Å². The zero-order chi connectivity index (χ0) is 21.1. The van der Waals surface area contributed by atoms with E-state index >= 15 is 0 Å². The van der Waals surface area contributed by atoms with E-state index in [-0.39, 0.29) is 32.5 Å². The Balaban J connectivity index is 1.64. The van der Waals surface area contributed by atoms with Crippen LogP contribution in [-0.4, -0.2) is 28.0 Å². The molecule has 0 radical (unpaired) electrons. The lowest BCUT2D eigenvalue weighted by Gasteiger charge is -2.09. The minimum absolute atomic E-state index is 0.0506. The first-order valence-corrected chi connectivity index (χ1v) is 8.69. The molecule has 1 aromatic heterocycles. The Bertz CT molecular complexity index is 1190. The number of nitrogens with one attached hydrogen (secondary N) is 1. The van der Waals surface area contributed by atoms with Gasteiger partial charge >= 0.3 is 11.7 Å². The Morgan fingerprint density at radius 2 is 2.00 bits per heavy atom. The average molecular weight is 440 g/mol. The quantitative estimate of drug-likeness (QED) is 0.354. The highest BCUT2D eigenvalue weighted by atomic mass is 35.5. The highest BCUT2D eigenvalue weighted by molar-refractivity contribution is 6.44. The number of halogens is 2. The summed E-state index contributed by atoms with van der Waals surface area (Å²) in [5.41, 5.74) is 0.106. The van der Waals surface area contributed by atoms with Gasteiger partial charge in [-0.15, -0.1) is 0 Å². The number of carbonyl (C=O) groups excluding carboxylic acids is 2. The molecule has 12 heteroatoms. The van der Waals surface area contributed by atoms with E-state index < -0.39 is 35.7 Å². The molecule has 3 rings (SSSR count). The summed E-state index contributed by atoms with van der Waals surface area (Å²) in [4.78, 5) is 46.0. The summed E-state index contributed by atoms with van der Waals surface area (Å²) in [6, 6.07) is 8.16. The Kier molecular flexibility index (Phi) is 5.85. The van der Waals surface area contributed by atoms with E-state index in [0.717, 1.165) is 10.6 Å². The van der Waals surface area contributed by atoms with Crippen molar-refractivity contribution in [2.75, 3.05) is 11.9 Å². The van der Waals surface area contributed by atoms with Gasteiger partial charge in [0.15, 0.2) is 12.2 Å². The number of fused-ring (bicyclic) bond motifs is 1. The number of rotatable bonds is 6. The number of esters is 1. The van der Waals surface area contributed by atoms with Crippen molar-refractivity contribution in [1.82, 2.24) is 4.57 Å². The van der Waals surface area contributed by atoms with Gasteiger partial charge in [0.05, 0.1) is 32.2 Å². The normalized spacial score (nSPS) is 10.7. The third-order valence-corrected chi connectivity index (χ3v) is 4.56. The zero-order valence-corrected chi connectivity index (χ0v) is 15.9. The number of carbonyl (C=O) groups is 2. The molecule has 1 heterocycles. The van der Waals surface area contributed by atoms with E-state index in [1.165, 1.54) is 18.2 Å². The predicted molar refractivity (Wildman–Crippen MR) is 103 cm³/mol. The number of ether oxygens (including phenoxy) is 1. The van der Waals surface area contributed by atoms with Crippen molar-refractivity contribution in [2.24, 2.45) is 0 Å². The summed E-state index contributed by atoms with van der Waals surface area (Å²) in [6.07, 6.45) is 0. The minimum atomic E-state index is -0.896. The van der Waals surface area contributed by atoms with Crippen LogP contribution in [0.3, 0.4) is 0 Å².